The summed E-state index contributed by atoms with van der Waals surface area (Å²) in [7, 11) is 0. The van der Waals surface area contributed by atoms with E-state index in [4.69, 9.17) is 5.73 Å². The molecule has 0 saturated carbocycles. The van der Waals surface area contributed by atoms with Crippen LogP contribution in [0.15, 0.2) is 23.7 Å². The number of hydrogen-bond donors (Lipinski definition) is 2. The Morgan fingerprint density at radius 3 is 2.89 bits per heavy atom. The Labute approximate surface area is 108 Å². The number of nitrogens with zero attached hydrogens (tertiary/aromatic N) is 1. The minimum absolute atomic E-state index is 0.0124. The average molecular weight is 269 g/mol. The molecule has 96 valence electrons. The van der Waals surface area contributed by atoms with Crippen molar-refractivity contribution < 1.29 is 8.78 Å². The zero-order valence-corrected chi connectivity index (χ0v) is 10.6. The van der Waals surface area contributed by atoms with Crippen LogP contribution in [0, 0.1) is 11.6 Å². The maximum Gasteiger partial charge on any atom is 0.183 e. The van der Waals surface area contributed by atoms with Gasteiger partial charge in [-0.2, -0.15) is 0 Å². The Morgan fingerprint density at radius 1 is 1.44 bits per heavy atom. The Hall–Kier alpha value is -1.69. The molecule has 0 amide bonds. The van der Waals surface area contributed by atoms with Crippen molar-refractivity contribution >= 4 is 22.7 Å². The maximum absolute atomic E-state index is 13.5. The fraction of sp³-hybridized carbons (Fsp3) is 0.250. The van der Waals surface area contributed by atoms with Crippen molar-refractivity contribution in [3.05, 3.63) is 40.4 Å². The summed E-state index contributed by atoms with van der Waals surface area (Å²) in [5.74, 6) is -1.75. The minimum Gasteiger partial charge on any atom is -0.397 e. The van der Waals surface area contributed by atoms with Gasteiger partial charge in [0.05, 0.1) is 16.4 Å². The van der Waals surface area contributed by atoms with E-state index in [2.05, 4.69) is 10.3 Å². The Balaban J connectivity index is 2.09. The predicted molar refractivity (Wildman–Crippen MR) is 69.8 cm³/mol. The molecule has 0 aliphatic rings. The smallest absolute Gasteiger partial charge is 0.183 e. The first-order valence-electron chi connectivity index (χ1n) is 5.46. The molecule has 2 aromatic rings. The van der Waals surface area contributed by atoms with E-state index in [1.807, 2.05) is 12.3 Å². The van der Waals surface area contributed by atoms with Crippen LogP contribution in [0.3, 0.4) is 0 Å². The third-order valence-corrected chi connectivity index (χ3v) is 3.59. The molecule has 1 heterocycles. The van der Waals surface area contributed by atoms with E-state index >= 15 is 0 Å². The van der Waals surface area contributed by atoms with Crippen LogP contribution in [0.1, 0.15) is 17.8 Å². The fourth-order valence-corrected chi connectivity index (χ4v) is 2.26. The van der Waals surface area contributed by atoms with Crippen molar-refractivity contribution in [2.45, 2.75) is 12.8 Å². The van der Waals surface area contributed by atoms with E-state index in [9.17, 15) is 8.78 Å². The van der Waals surface area contributed by atoms with Gasteiger partial charge in [-0.25, -0.2) is 13.8 Å². The average Bonchev–Trinajstić information content (AvgIpc) is 2.87. The first-order chi connectivity index (χ1) is 8.59. The molecule has 1 atom stereocenters. The van der Waals surface area contributed by atoms with Crippen LogP contribution in [0.2, 0.25) is 0 Å². The largest absolute Gasteiger partial charge is 0.397 e. The summed E-state index contributed by atoms with van der Waals surface area (Å²) in [4.78, 5) is 4.17. The normalized spacial score (nSPS) is 12.4. The molecular formula is C12H13F2N3S. The van der Waals surface area contributed by atoms with Gasteiger partial charge in [-0.3, -0.25) is 0 Å². The molecular weight excluding hydrogens is 256 g/mol. The Bertz CT molecular complexity index is 528. The highest BCUT2D eigenvalue weighted by atomic mass is 32.1. The van der Waals surface area contributed by atoms with Crippen LogP contribution in [0.5, 0.6) is 0 Å². The van der Waals surface area contributed by atoms with E-state index in [1.165, 1.54) is 17.4 Å². The summed E-state index contributed by atoms with van der Waals surface area (Å²) in [6, 6.07) is 2.36. The van der Waals surface area contributed by atoms with E-state index < -0.39 is 11.6 Å². The molecule has 0 fully saturated rings. The SMILES string of the molecule is CC(CNc1c(N)ccc(F)c1F)c1nccs1. The number of nitrogens with two attached hydrogens (primary N) is 1. The second-order valence-electron chi connectivity index (χ2n) is 3.98. The van der Waals surface area contributed by atoms with E-state index in [0.717, 1.165) is 11.1 Å². The third-order valence-electron chi connectivity index (χ3n) is 2.59. The number of nitrogen functional groups attached to an aromatic ring is 1. The first kappa shape index (κ1) is 12.8. The van der Waals surface area contributed by atoms with Gasteiger partial charge in [0.25, 0.3) is 0 Å². The summed E-state index contributed by atoms with van der Waals surface area (Å²) in [5.41, 5.74) is 5.82. The number of hydrogen-bond acceptors (Lipinski definition) is 4. The van der Waals surface area contributed by atoms with Gasteiger partial charge in [-0.15, -0.1) is 11.3 Å². The highest BCUT2D eigenvalue weighted by Gasteiger charge is 2.14. The number of rotatable bonds is 4. The molecule has 0 radical (unpaired) electrons. The molecule has 0 aliphatic carbocycles. The van der Waals surface area contributed by atoms with Crippen molar-refractivity contribution in [3.63, 3.8) is 0 Å². The van der Waals surface area contributed by atoms with Gasteiger partial charge in [-0.05, 0) is 12.1 Å². The highest BCUT2D eigenvalue weighted by molar-refractivity contribution is 7.09. The zero-order chi connectivity index (χ0) is 13.1. The van der Waals surface area contributed by atoms with E-state index in [0.29, 0.717) is 6.54 Å². The lowest BCUT2D eigenvalue weighted by molar-refractivity contribution is 0.511. The van der Waals surface area contributed by atoms with Crippen molar-refractivity contribution in [1.82, 2.24) is 4.98 Å². The quantitative estimate of drug-likeness (QED) is 0.838. The molecule has 1 aromatic heterocycles. The van der Waals surface area contributed by atoms with E-state index in [1.54, 1.807) is 6.20 Å². The summed E-state index contributed by atoms with van der Waals surface area (Å²) in [6.45, 7) is 2.40. The summed E-state index contributed by atoms with van der Waals surface area (Å²) in [5, 5.41) is 5.66. The zero-order valence-electron chi connectivity index (χ0n) is 9.78. The molecule has 18 heavy (non-hydrogen) atoms. The first-order valence-corrected chi connectivity index (χ1v) is 6.34. The van der Waals surface area contributed by atoms with Crippen LogP contribution in [0.4, 0.5) is 20.2 Å². The molecule has 0 spiro atoms. The van der Waals surface area contributed by atoms with Crippen LogP contribution >= 0.6 is 11.3 Å². The molecule has 1 aromatic carbocycles. The molecule has 3 N–H and O–H groups in total. The Kier molecular flexibility index (Phi) is 3.76. The topological polar surface area (TPSA) is 50.9 Å². The standard InChI is InChI=1S/C12H13F2N3S/c1-7(12-16-4-5-18-12)6-17-11-9(15)3-2-8(13)10(11)14/h2-5,7,17H,6,15H2,1H3. The van der Waals surface area contributed by atoms with Crippen LogP contribution < -0.4 is 11.1 Å². The molecule has 6 heteroatoms. The fourth-order valence-electron chi connectivity index (χ4n) is 1.57. The molecule has 0 bridgehead atoms. The van der Waals surface area contributed by atoms with Crippen molar-refractivity contribution in [3.8, 4) is 0 Å². The van der Waals surface area contributed by atoms with Gasteiger partial charge in [0.2, 0.25) is 0 Å². The second-order valence-corrected chi connectivity index (χ2v) is 4.90. The number of thiazole rings is 1. The van der Waals surface area contributed by atoms with Crippen LogP contribution in [-0.4, -0.2) is 11.5 Å². The Morgan fingerprint density at radius 2 is 2.22 bits per heavy atom. The summed E-state index contributed by atoms with van der Waals surface area (Å²) in [6.07, 6.45) is 1.72. The third kappa shape index (κ3) is 2.59. The maximum atomic E-state index is 13.5. The predicted octanol–water partition coefficient (Wildman–Crippen LogP) is 3.22. The second kappa shape index (κ2) is 5.30. The monoisotopic (exact) mass is 269 g/mol. The van der Waals surface area contributed by atoms with Gasteiger partial charge in [0.1, 0.15) is 0 Å². The molecule has 0 aliphatic heterocycles. The molecule has 2 rings (SSSR count). The number of halogens is 2. The highest BCUT2D eigenvalue weighted by Crippen LogP contribution is 2.26. The van der Waals surface area contributed by atoms with Crippen LogP contribution in [-0.2, 0) is 0 Å². The van der Waals surface area contributed by atoms with Gasteiger partial charge < -0.3 is 11.1 Å². The number of nitrogens with one attached hydrogen (secondary N) is 1. The lowest BCUT2D eigenvalue weighted by Crippen LogP contribution is -2.12. The molecule has 0 saturated heterocycles. The van der Waals surface area contributed by atoms with Gasteiger partial charge in [-0.1, -0.05) is 6.92 Å². The minimum atomic E-state index is -0.943. The number of benzene rings is 1. The van der Waals surface area contributed by atoms with Crippen molar-refractivity contribution in [2.75, 3.05) is 17.6 Å². The molecule has 3 nitrogen and oxygen atoms in total. The summed E-state index contributed by atoms with van der Waals surface area (Å²) >= 11 is 1.53. The van der Waals surface area contributed by atoms with Gasteiger partial charge >= 0.3 is 0 Å². The van der Waals surface area contributed by atoms with Crippen LogP contribution in [0.25, 0.3) is 0 Å². The lowest BCUT2D eigenvalue weighted by atomic mass is 10.2. The number of anilines is 2. The molecule has 1 unspecified atom stereocenters. The summed E-state index contributed by atoms with van der Waals surface area (Å²) < 4.78 is 26.6. The van der Waals surface area contributed by atoms with Crippen molar-refractivity contribution in [1.29, 1.82) is 0 Å². The van der Waals surface area contributed by atoms with Crippen molar-refractivity contribution in [2.24, 2.45) is 0 Å². The van der Waals surface area contributed by atoms with Gasteiger partial charge in [0.15, 0.2) is 11.6 Å². The lowest BCUT2D eigenvalue weighted by Gasteiger charge is -2.14. The van der Waals surface area contributed by atoms with Gasteiger partial charge in [0, 0.05) is 24.0 Å². The van der Waals surface area contributed by atoms with E-state index in [-0.39, 0.29) is 17.3 Å². The number of aromatic nitrogens is 1.